The third kappa shape index (κ3) is 2.86. The summed E-state index contributed by atoms with van der Waals surface area (Å²) in [6, 6.07) is 0. The van der Waals surface area contributed by atoms with E-state index in [0.717, 1.165) is 19.3 Å². The first kappa shape index (κ1) is 19.2. The Morgan fingerprint density at radius 2 is 1.32 bits per heavy atom. The monoisotopic (exact) mass is 378 g/mol. The van der Waals surface area contributed by atoms with Gasteiger partial charge in [-0.3, -0.25) is 4.79 Å². The van der Waals surface area contributed by atoms with Gasteiger partial charge in [-0.2, -0.15) is 0 Å². The molecule has 0 radical (unpaired) electrons. The lowest BCUT2D eigenvalue weighted by Crippen LogP contribution is -2.41. The Balaban J connectivity index is 2.74. The van der Waals surface area contributed by atoms with Gasteiger partial charge in [0.25, 0.3) is 0 Å². The van der Waals surface area contributed by atoms with E-state index >= 15 is 0 Å². The van der Waals surface area contributed by atoms with Crippen molar-refractivity contribution in [2.45, 2.75) is 23.5 Å². The summed E-state index contributed by atoms with van der Waals surface area (Å²) >= 11 is 0.0932. The predicted molar refractivity (Wildman–Crippen MR) is 79.4 cm³/mol. The van der Waals surface area contributed by atoms with Gasteiger partial charge in [0.2, 0.25) is 5.82 Å². The molecule has 0 aromatic heterocycles. The van der Waals surface area contributed by atoms with E-state index in [-0.39, 0.29) is 22.9 Å². The summed E-state index contributed by atoms with van der Waals surface area (Å²) in [5.74, 6) is -12.2. The van der Waals surface area contributed by atoms with Crippen LogP contribution in [0, 0.1) is 29.1 Å². The molecule has 0 saturated heterocycles. The van der Waals surface area contributed by atoms with Crippen LogP contribution in [-0.4, -0.2) is 23.6 Å². The highest BCUT2D eigenvalue weighted by Crippen LogP contribution is 2.48. The van der Waals surface area contributed by atoms with Crippen LogP contribution >= 0.6 is 11.8 Å². The zero-order chi connectivity index (χ0) is 19.1. The number of esters is 1. The molecule has 0 heterocycles. The number of thioether (sulfide) groups is 1. The van der Waals surface area contributed by atoms with Gasteiger partial charge < -0.3 is 4.74 Å². The van der Waals surface area contributed by atoms with E-state index in [2.05, 4.69) is 4.74 Å². The van der Waals surface area contributed by atoms with Crippen LogP contribution in [0.1, 0.15) is 13.8 Å². The summed E-state index contributed by atoms with van der Waals surface area (Å²) in [5.41, 5.74) is 0.0802. The first-order valence-electron chi connectivity index (χ1n) is 6.78. The smallest absolute Gasteiger partial charge is 0.330 e. The largest absolute Gasteiger partial charge is 0.467 e. The minimum absolute atomic E-state index is 0.0401. The van der Waals surface area contributed by atoms with Crippen molar-refractivity contribution < 1.29 is 36.3 Å². The average Bonchev–Trinajstić information content (AvgIpc) is 2.56. The second kappa shape index (κ2) is 6.62. The quantitative estimate of drug-likeness (QED) is 0.347. The van der Waals surface area contributed by atoms with Crippen LogP contribution in [0.4, 0.5) is 22.0 Å². The predicted octanol–water partition coefficient (Wildman–Crippen LogP) is 3.86. The fraction of sp³-hybridized carbons (Fsp3) is 0.250. The molecule has 9 heteroatoms. The number of carbonyl (C=O) groups is 2. The van der Waals surface area contributed by atoms with Gasteiger partial charge in [0, 0.05) is 0 Å². The molecule has 1 aromatic carbocycles. The Bertz CT molecular complexity index is 794. The van der Waals surface area contributed by atoms with Crippen molar-refractivity contribution >= 4 is 23.5 Å². The van der Waals surface area contributed by atoms with Crippen LogP contribution in [0.3, 0.4) is 0 Å². The first-order chi connectivity index (χ1) is 11.6. The topological polar surface area (TPSA) is 43.4 Å². The van der Waals surface area contributed by atoms with Gasteiger partial charge >= 0.3 is 5.97 Å². The van der Waals surface area contributed by atoms with E-state index in [1.807, 2.05) is 0 Å². The van der Waals surface area contributed by atoms with Crippen LogP contribution in [0.2, 0.25) is 0 Å². The summed E-state index contributed by atoms with van der Waals surface area (Å²) < 4.78 is 70.9. The number of ketones is 1. The highest BCUT2D eigenvalue weighted by atomic mass is 32.2. The van der Waals surface area contributed by atoms with Gasteiger partial charge in [0.1, 0.15) is 0 Å². The van der Waals surface area contributed by atoms with Crippen molar-refractivity contribution in [1.29, 1.82) is 0 Å². The molecule has 0 spiro atoms. The lowest BCUT2D eigenvalue weighted by molar-refractivity contribution is -0.141. The minimum atomic E-state index is -2.30. The molecule has 0 atom stereocenters. The number of methoxy groups -OCH3 is 1. The molecular formula is C16H11F5O3S. The highest BCUT2D eigenvalue weighted by molar-refractivity contribution is 8.02. The fourth-order valence-electron chi connectivity index (χ4n) is 2.48. The van der Waals surface area contributed by atoms with Crippen LogP contribution in [0.15, 0.2) is 28.2 Å². The van der Waals surface area contributed by atoms with Crippen molar-refractivity contribution in [3.63, 3.8) is 0 Å². The van der Waals surface area contributed by atoms with Gasteiger partial charge in [-0.25, -0.2) is 26.7 Å². The molecule has 25 heavy (non-hydrogen) atoms. The maximum atomic E-state index is 14.0. The SMILES string of the molecule is COC(=O)C1(Sc2c(F)c(F)c(F)c(F)c2F)C(C)=CC(=O)C=C1C. The number of halogens is 5. The molecule has 0 N–H and O–H groups in total. The van der Waals surface area contributed by atoms with Crippen molar-refractivity contribution in [3.8, 4) is 0 Å². The van der Waals surface area contributed by atoms with Crippen molar-refractivity contribution in [2.24, 2.45) is 0 Å². The number of hydrogen-bond acceptors (Lipinski definition) is 4. The molecule has 1 aliphatic carbocycles. The molecule has 0 bridgehead atoms. The van der Waals surface area contributed by atoms with Crippen LogP contribution in [-0.2, 0) is 14.3 Å². The Morgan fingerprint density at radius 1 is 0.920 bits per heavy atom. The molecule has 3 nitrogen and oxygen atoms in total. The number of carbonyl (C=O) groups excluding carboxylic acids is 2. The zero-order valence-electron chi connectivity index (χ0n) is 13.2. The van der Waals surface area contributed by atoms with Crippen molar-refractivity contribution in [2.75, 3.05) is 7.11 Å². The number of benzene rings is 1. The Hall–Kier alpha value is -2.16. The van der Waals surface area contributed by atoms with E-state index in [4.69, 9.17) is 0 Å². The number of hydrogen-bond donors (Lipinski definition) is 0. The Labute approximate surface area is 143 Å². The van der Waals surface area contributed by atoms with E-state index < -0.39 is 50.5 Å². The maximum Gasteiger partial charge on any atom is 0.330 e. The summed E-state index contributed by atoms with van der Waals surface area (Å²) in [4.78, 5) is 22.7. The number of rotatable bonds is 3. The van der Waals surface area contributed by atoms with Crippen molar-refractivity contribution in [1.82, 2.24) is 0 Å². The van der Waals surface area contributed by atoms with E-state index in [1.54, 1.807) is 0 Å². The van der Waals surface area contributed by atoms with E-state index in [1.165, 1.54) is 13.8 Å². The first-order valence-corrected chi connectivity index (χ1v) is 7.59. The lowest BCUT2D eigenvalue weighted by atomic mass is 9.86. The fourth-order valence-corrected chi connectivity index (χ4v) is 3.75. The van der Waals surface area contributed by atoms with Crippen LogP contribution in [0.25, 0.3) is 0 Å². The molecule has 2 rings (SSSR count). The molecule has 0 unspecified atom stereocenters. The molecule has 1 aromatic rings. The normalized spacial score (nSPS) is 16.4. The summed E-state index contributed by atoms with van der Waals surface area (Å²) in [6.07, 6.45) is 2.06. The van der Waals surface area contributed by atoms with E-state index in [9.17, 15) is 31.5 Å². The van der Waals surface area contributed by atoms with E-state index in [0.29, 0.717) is 0 Å². The minimum Gasteiger partial charge on any atom is -0.467 e. The highest BCUT2D eigenvalue weighted by Gasteiger charge is 2.48. The van der Waals surface area contributed by atoms with Gasteiger partial charge in [0.15, 0.2) is 33.8 Å². The summed E-state index contributed by atoms with van der Waals surface area (Å²) in [6.45, 7) is 2.65. The third-order valence-electron chi connectivity index (χ3n) is 3.73. The second-order valence-corrected chi connectivity index (χ2v) is 6.46. The van der Waals surface area contributed by atoms with Gasteiger partial charge in [-0.05, 0) is 37.1 Å². The lowest BCUT2D eigenvalue weighted by Gasteiger charge is -2.34. The summed E-state index contributed by atoms with van der Waals surface area (Å²) in [5, 5.41) is 0. The maximum absolute atomic E-state index is 14.0. The number of allylic oxidation sites excluding steroid dienone is 2. The molecule has 0 aliphatic heterocycles. The molecule has 0 saturated carbocycles. The third-order valence-corrected chi connectivity index (χ3v) is 5.41. The number of ether oxygens (including phenoxy) is 1. The Kier molecular flexibility index (Phi) is 5.08. The molecule has 0 fully saturated rings. The molecule has 134 valence electrons. The van der Waals surface area contributed by atoms with Gasteiger partial charge in [0.05, 0.1) is 12.0 Å². The van der Waals surface area contributed by atoms with Gasteiger partial charge in [-0.15, -0.1) is 0 Å². The summed E-state index contributed by atoms with van der Waals surface area (Å²) in [7, 11) is 1.00. The molecule has 0 amide bonds. The standard InChI is InChI=1S/C16H11F5O3S/c1-6-4-8(22)5-7(2)16(6,15(23)24-3)25-14-12(20)10(18)9(17)11(19)13(14)21/h4-5H,1-3H3. The van der Waals surface area contributed by atoms with Crippen molar-refractivity contribution in [3.05, 3.63) is 52.4 Å². The zero-order valence-corrected chi connectivity index (χ0v) is 14.0. The molecular weight excluding hydrogens is 367 g/mol. The van der Waals surface area contributed by atoms with Gasteiger partial charge in [-0.1, -0.05) is 11.8 Å². The Morgan fingerprint density at radius 3 is 1.72 bits per heavy atom. The average molecular weight is 378 g/mol. The van der Waals surface area contributed by atoms with Crippen LogP contribution in [0.5, 0.6) is 0 Å². The second-order valence-electron chi connectivity index (χ2n) is 5.23. The van der Waals surface area contributed by atoms with Crippen LogP contribution < -0.4 is 0 Å². The molecule has 1 aliphatic rings.